The van der Waals surface area contributed by atoms with Gasteiger partial charge in [-0.3, -0.25) is 4.98 Å². The first-order valence-electron chi connectivity index (χ1n) is 6.45. The van der Waals surface area contributed by atoms with Crippen molar-refractivity contribution in [3.05, 3.63) is 42.2 Å². The number of methoxy groups -OCH3 is 1. The minimum Gasteiger partial charge on any atom is -0.495 e. The average Bonchev–Trinajstić information content (AvgIpc) is 2.92. The third kappa shape index (κ3) is 2.93. The van der Waals surface area contributed by atoms with E-state index in [2.05, 4.69) is 26.8 Å². The maximum atomic E-state index is 5.37. The maximum absolute atomic E-state index is 5.37. The van der Waals surface area contributed by atoms with Crippen molar-refractivity contribution in [2.24, 2.45) is 0 Å². The summed E-state index contributed by atoms with van der Waals surface area (Å²) in [5, 5.41) is 3.32. The topological polar surface area (TPSA) is 52.0 Å². The number of aromatic nitrogens is 3. The van der Waals surface area contributed by atoms with E-state index in [0.29, 0.717) is 0 Å². The predicted octanol–water partition coefficient (Wildman–Crippen LogP) is 1.81. The molecule has 19 heavy (non-hydrogen) atoms. The summed E-state index contributed by atoms with van der Waals surface area (Å²) in [5.74, 6) is 1.87. The second-order valence-corrected chi connectivity index (χ2v) is 4.29. The van der Waals surface area contributed by atoms with Gasteiger partial charge in [0.2, 0.25) is 0 Å². The van der Waals surface area contributed by atoms with Crippen LogP contribution >= 0.6 is 0 Å². The zero-order chi connectivity index (χ0) is 13.7. The normalized spacial score (nSPS) is 12.4. The van der Waals surface area contributed by atoms with Gasteiger partial charge in [-0.05, 0) is 20.0 Å². The highest BCUT2D eigenvalue weighted by atomic mass is 16.5. The summed E-state index contributed by atoms with van der Waals surface area (Å²) in [7, 11) is 3.62. The van der Waals surface area contributed by atoms with Crippen LogP contribution in [0.3, 0.4) is 0 Å². The van der Waals surface area contributed by atoms with E-state index < -0.39 is 0 Å². The third-order valence-corrected chi connectivity index (χ3v) is 3.29. The highest BCUT2D eigenvalue weighted by Crippen LogP contribution is 2.25. The lowest BCUT2D eigenvalue weighted by atomic mass is 10.0. The van der Waals surface area contributed by atoms with E-state index in [9.17, 15) is 0 Å². The van der Waals surface area contributed by atoms with Crippen molar-refractivity contribution in [1.82, 2.24) is 19.9 Å². The van der Waals surface area contributed by atoms with E-state index >= 15 is 0 Å². The molecular formula is C14H20N4O. The van der Waals surface area contributed by atoms with Gasteiger partial charge in [-0.1, -0.05) is 0 Å². The van der Waals surface area contributed by atoms with Gasteiger partial charge in [0.15, 0.2) is 0 Å². The molecule has 1 atom stereocenters. The number of imidazole rings is 1. The van der Waals surface area contributed by atoms with Gasteiger partial charge < -0.3 is 14.6 Å². The van der Waals surface area contributed by atoms with E-state index in [1.54, 1.807) is 19.5 Å². The van der Waals surface area contributed by atoms with Gasteiger partial charge in [0.1, 0.15) is 11.6 Å². The van der Waals surface area contributed by atoms with Crippen LogP contribution in [-0.4, -0.2) is 28.7 Å². The number of rotatable bonds is 6. The van der Waals surface area contributed by atoms with Crippen LogP contribution < -0.4 is 10.1 Å². The number of likely N-dealkylation sites (N-methyl/N-ethyl adjacent to an activating group) is 1. The highest BCUT2D eigenvalue weighted by molar-refractivity contribution is 5.33. The molecule has 5 heteroatoms. The molecule has 0 saturated heterocycles. The van der Waals surface area contributed by atoms with E-state index in [1.165, 1.54) is 0 Å². The molecule has 2 heterocycles. The lowest BCUT2D eigenvalue weighted by molar-refractivity contribution is 0.398. The zero-order valence-electron chi connectivity index (χ0n) is 11.6. The van der Waals surface area contributed by atoms with E-state index in [4.69, 9.17) is 4.74 Å². The van der Waals surface area contributed by atoms with Crippen LogP contribution in [0.1, 0.15) is 24.4 Å². The minimum atomic E-state index is 0.158. The molecule has 0 amide bonds. The van der Waals surface area contributed by atoms with Crippen molar-refractivity contribution < 1.29 is 4.74 Å². The fourth-order valence-electron chi connectivity index (χ4n) is 2.22. The molecule has 2 aromatic rings. The summed E-state index contributed by atoms with van der Waals surface area (Å²) in [6.07, 6.45) is 8.19. The van der Waals surface area contributed by atoms with Crippen molar-refractivity contribution in [3.63, 3.8) is 0 Å². The highest BCUT2D eigenvalue weighted by Gasteiger charge is 2.17. The SMILES string of the molecule is CCn1ccnc1CC(NC)c1ccncc1OC. The molecule has 0 radical (unpaired) electrons. The van der Waals surface area contributed by atoms with Crippen molar-refractivity contribution >= 4 is 0 Å². The number of ether oxygens (including phenoxy) is 1. The van der Waals surface area contributed by atoms with Crippen LogP contribution in [0.4, 0.5) is 0 Å². The number of pyridine rings is 1. The fraction of sp³-hybridized carbons (Fsp3) is 0.429. The van der Waals surface area contributed by atoms with Crippen molar-refractivity contribution in [2.45, 2.75) is 25.9 Å². The van der Waals surface area contributed by atoms with E-state index in [1.807, 2.05) is 25.5 Å². The van der Waals surface area contributed by atoms with Crippen molar-refractivity contribution in [1.29, 1.82) is 0 Å². The molecule has 2 aromatic heterocycles. The Kier molecular flexibility index (Phi) is 4.52. The predicted molar refractivity (Wildman–Crippen MR) is 74.2 cm³/mol. The smallest absolute Gasteiger partial charge is 0.141 e. The average molecular weight is 260 g/mol. The van der Waals surface area contributed by atoms with Crippen LogP contribution in [0.5, 0.6) is 5.75 Å². The number of nitrogens with zero attached hydrogens (tertiary/aromatic N) is 3. The molecule has 1 unspecified atom stereocenters. The third-order valence-electron chi connectivity index (χ3n) is 3.29. The van der Waals surface area contributed by atoms with Gasteiger partial charge in [0.05, 0.1) is 13.3 Å². The largest absolute Gasteiger partial charge is 0.495 e. The molecule has 0 aliphatic rings. The quantitative estimate of drug-likeness (QED) is 0.860. The van der Waals surface area contributed by atoms with Crippen molar-refractivity contribution in [2.75, 3.05) is 14.2 Å². The molecule has 0 spiro atoms. The van der Waals surface area contributed by atoms with Crippen LogP contribution in [-0.2, 0) is 13.0 Å². The Morgan fingerprint density at radius 2 is 2.26 bits per heavy atom. The number of nitrogens with one attached hydrogen (secondary N) is 1. The molecular weight excluding hydrogens is 240 g/mol. The summed E-state index contributed by atoms with van der Waals surface area (Å²) in [4.78, 5) is 8.51. The number of hydrogen-bond donors (Lipinski definition) is 1. The first-order valence-corrected chi connectivity index (χ1v) is 6.45. The van der Waals surface area contributed by atoms with Gasteiger partial charge in [0.25, 0.3) is 0 Å². The molecule has 1 N–H and O–H groups in total. The van der Waals surface area contributed by atoms with Crippen LogP contribution in [0.2, 0.25) is 0 Å². The summed E-state index contributed by atoms with van der Waals surface area (Å²) >= 11 is 0. The van der Waals surface area contributed by atoms with Crippen LogP contribution in [0.25, 0.3) is 0 Å². The minimum absolute atomic E-state index is 0.158. The van der Waals surface area contributed by atoms with Gasteiger partial charge in [-0.25, -0.2) is 4.98 Å². The molecule has 0 aromatic carbocycles. The molecule has 0 aliphatic heterocycles. The number of hydrogen-bond acceptors (Lipinski definition) is 4. The second-order valence-electron chi connectivity index (χ2n) is 4.29. The summed E-state index contributed by atoms with van der Waals surface area (Å²) in [6.45, 7) is 3.05. The lowest BCUT2D eigenvalue weighted by Gasteiger charge is -2.19. The Balaban J connectivity index is 2.25. The standard InChI is InChI=1S/C14H20N4O/c1-4-18-8-7-17-14(18)9-12(15-2)11-5-6-16-10-13(11)19-3/h5-8,10,12,15H,4,9H2,1-3H3. The Bertz CT molecular complexity index is 524. The zero-order valence-corrected chi connectivity index (χ0v) is 11.6. The summed E-state index contributed by atoms with van der Waals surface area (Å²) < 4.78 is 7.52. The van der Waals surface area contributed by atoms with Crippen molar-refractivity contribution in [3.8, 4) is 5.75 Å². The Morgan fingerprint density at radius 1 is 1.42 bits per heavy atom. The summed E-state index contributed by atoms with van der Waals surface area (Å²) in [6, 6.07) is 2.14. The van der Waals surface area contributed by atoms with Gasteiger partial charge in [-0.15, -0.1) is 0 Å². The molecule has 5 nitrogen and oxygen atoms in total. The van der Waals surface area contributed by atoms with E-state index in [-0.39, 0.29) is 6.04 Å². The molecule has 0 aliphatic carbocycles. The first-order chi connectivity index (χ1) is 9.30. The molecule has 0 saturated carbocycles. The van der Waals surface area contributed by atoms with Gasteiger partial charge in [-0.2, -0.15) is 0 Å². The monoisotopic (exact) mass is 260 g/mol. The maximum Gasteiger partial charge on any atom is 0.141 e. The molecule has 2 rings (SSSR count). The Morgan fingerprint density at radius 3 is 2.95 bits per heavy atom. The summed E-state index contributed by atoms with van der Waals surface area (Å²) in [5.41, 5.74) is 1.10. The molecule has 0 fully saturated rings. The van der Waals surface area contributed by atoms with Gasteiger partial charge in [0, 0.05) is 43.2 Å². The first kappa shape index (κ1) is 13.5. The Hall–Kier alpha value is -1.88. The van der Waals surface area contributed by atoms with Gasteiger partial charge >= 0.3 is 0 Å². The van der Waals surface area contributed by atoms with Crippen LogP contribution in [0.15, 0.2) is 30.9 Å². The van der Waals surface area contributed by atoms with Crippen LogP contribution in [0, 0.1) is 0 Å². The van der Waals surface area contributed by atoms with E-state index in [0.717, 1.165) is 30.1 Å². The molecule has 102 valence electrons. The fourth-order valence-corrected chi connectivity index (χ4v) is 2.22. The number of aryl methyl sites for hydroxylation is 1. The lowest BCUT2D eigenvalue weighted by Crippen LogP contribution is -2.21. The molecule has 0 bridgehead atoms. The second kappa shape index (κ2) is 6.33. The Labute approximate surface area is 113 Å².